The summed E-state index contributed by atoms with van der Waals surface area (Å²) in [6, 6.07) is 35.5. The molecule has 5 fully saturated rings. The van der Waals surface area contributed by atoms with Gasteiger partial charge in [-0.25, -0.2) is 0 Å². The minimum absolute atomic E-state index is 0.00761. The Morgan fingerprint density at radius 3 is 1.15 bits per heavy atom. The molecule has 1 aromatic heterocycles. The number of thiophene rings is 1. The molecule has 6 amide bonds. The van der Waals surface area contributed by atoms with Crippen LogP contribution in [0.25, 0.3) is 32.3 Å². The third kappa shape index (κ3) is 25.1. The molecule has 6 aromatic carbocycles. The fourth-order valence-corrected chi connectivity index (χ4v) is 17.4. The van der Waals surface area contributed by atoms with Gasteiger partial charge in [-0.3, -0.25) is 28.8 Å². The van der Waals surface area contributed by atoms with Crippen molar-refractivity contribution in [2.75, 3.05) is 105 Å². The number of rotatable bonds is 29. The standard InChI is InChI=1S/C32H41ClN4O2S.C31H45ClN4O2.C26H37ClN4O2/c1-2-23(27-12-17-40-22-27)21-37-16-10-29(35-30(32(37)39)11-15-36-13-4-3-5-14-36)20-34-31(38)26-7-6-25-19-28(33)9-8-24(25)18-26;1-4-31(3,5-2)22-36-18-13-27(34-28(30(36)38)14-17-35-15-7-6-8-16-35)21-33-29(37)25-10-9-24-20-26(32)12-11-23(24)19-25;1-4-26(3,5-2)17-31-13-11-22(30-23(10-12-28)25(31)33)16-29-24(32)20-7-6-19-15-21(27)9-8-18(19)14-20/h6-9,12,17-19,22-23,29-30,35H,2-5,10-11,13-16,20-21H2,1H3,(H,34,38);9-12,19-20,27-28,34H,4-8,13-18,21-22H2,1-3H3,(H,33,37);6-9,14-15,22-23,30H,4-5,10-13,16-17,28H2,1-3H3,(H,29,32)/t23-,29+,30+;27-,28-;22-,23-/m100/s1. The van der Waals surface area contributed by atoms with Crippen molar-refractivity contribution in [3.8, 4) is 0 Å². The minimum Gasteiger partial charge on any atom is -0.350 e. The van der Waals surface area contributed by atoms with E-state index in [1.807, 2.05) is 114 Å². The Kier molecular flexibility index (Phi) is 33.2. The van der Waals surface area contributed by atoms with Crippen LogP contribution in [-0.4, -0.2) is 201 Å². The monoisotopic (exact) mass is 1590 g/mol. The van der Waals surface area contributed by atoms with Crippen LogP contribution in [0.15, 0.2) is 126 Å². The summed E-state index contributed by atoms with van der Waals surface area (Å²) < 4.78 is 0. The second kappa shape index (κ2) is 42.6. The molecule has 8 N–H and O–H groups in total. The SMILES string of the molecule is CCC(C)(CC)CN1CC[C@@H](CNC(=O)c2ccc3cc(Cl)ccc3c2)N[C@@H](CCN)C1=O.CCC(C)(CC)CN1CC[C@@H](CNC(=O)c2ccc3cc(Cl)ccc3c2)N[C@@H](CCN2CCCCC2)C1=O.CC[C@H](CN1CC[C@@H](CNC(=O)c2ccc3cc(Cl)ccc3c2)N[C@@H](CCN2CCCCC2)C1=O)c1ccsc1. The molecule has 5 aliphatic rings. The van der Waals surface area contributed by atoms with Gasteiger partial charge < -0.3 is 62.1 Å². The van der Waals surface area contributed by atoms with E-state index < -0.39 is 0 Å². The number of hydrogen-bond acceptors (Lipinski definition) is 13. The van der Waals surface area contributed by atoms with E-state index in [1.54, 1.807) is 11.3 Å². The number of amides is 6. The summed E-state index contributed by atoms with van der Waals surface area (Å²) in [4.78, 5) is 90.9. The lowest BCUT2D eigenvalue weighted by molar-refractivity contribution is -0.135. The number of nitrogens with zero attached hydrogens (tertiary/aromatic N) is 5. The number of fused-ring (bicyclic) bond motifs is 3. The molecule has 7 atom stereocenters. The van der Waals surface area contributed by atoms with E-state index in [0.29, 0.717) is 83.4 Å². The van der Waals surface area contributed by atoms with Crippen LogP contribution in [-0.2, 0) is 14.4 Å². The van der Waals surface area contributed by atoms with Gasteiger partial charge in [0.1, 0.15) is 0 Å². The highest BCUT2D eigenvalue weighted by atomic mass is 35.5. The van der Waals surface area contributed by atoms with E-state index in [4.69, 9.17) is 40.5 Å². The Hall–Kier alpha value is -6.75. The van der Waals surface area contributed by atoms with E-state index in [0.717, 1.165) is 162 Å². The summed E-state index contributed by atoms with van der Waals surface area (Å²) in [5.74, 6) is 0.573. The third-order valence-electron chi connectivity index (χ3n) is 24.4. The van der Waals surface area contributed by atoms with E-state index in [1.165, 1.54) is 44.1 Å². The van der Waals surface area contributed by atoms with Crippen LogP contribution in [0, 0.1) is 10.8 Å². The lowest BCUT2D eigenvalue weighted by Crippen LogP contribution is -2.51. The molecular formula is C89H123Cl3N12O6S. The van der Waals surface area contributed by atoms with Crippen LogP contribution in [0.3, 0.4) is 0 Å². The molecule has 0 unspecified atom stereocenters. The molecule has 0 aliphatic carbocycles. The van der Waals surface area contributed by atoms with Crippen molar-refractivity contribution in [2.45, 2.75) is 200 Å². The number of benzene rings is 6. The largest absolute Gasteiger partial charge is 0.350 e. The van der Waals surface area contributed by atoms with Crippen LogP contribution in [0.5, 0.6) is 0 Å². The number of carbonyl (C=O) groups is 6. The molecule has 18 nitrogen and oxygen atoms in total. The number of nitrogens with one attached hydrogen (secondary N) is 6. The van der Waals surface area contributed by atoms with Crippen LogP contribution >= 0.6 is 46.1 Å². The smallest absolute Gasteiger partial charge is 0.251 e. The van der Waals surface area contributed by atoms with Gasteiger partial charge in [-0.1, -0.05) is 133 Å². The zero-order chi connectivity index (χ0) is 79.0. The number of piperidine rings is 2. The molecule has 6 heterocycles. The number of halogens is 3. The van der Waals surface area contributed by atoms with Gasteiger partial charge >= 0.3 is 0 Å². The van der Waals surface area contributed by atoms with Gasteiger partial charge in [0, 0.05) is 128 Å². The van der Waals surface area contributed by atoms with Crippen LogP contribution < -0.4 is 37.6 Å². The quantitative estimate of drug-likeness (QED) is 0.0233. The lowest BCUT2D eigenvalue weighted by atomic mass is 9.84. The first-order valence-corrected chi connectivity index (χ1v) is 43.4. The van der Waals surface area contributed by atoms with Gasteiger partial charge in [-0.15, -0.1) is 0 Å². The minimum atomic E-state index is -0.317. The van der Waals surface area contributed by atoms with Crippen LogP contribution in [0.2, 0.25) is 15.1 Å². The fourth-order valence-electron chi connectivity index (χ4n) is 16.1. The first-order chi connectivity index (χ1) is 53.6. The highest BCUT2D eigenvalue weighted by Gasteiger charge is 2.38. The average Bonchev–Trinajstić information content (AvgIpc) is 1.84. The highest BCUT2D eigenvalue weighted by molar-refractivity contribution is 7.08. The van der Waals surface area contributed by atoms with E-state index >= 15 is 0 Å². The second-order valence-electron chi connectivity index (χ2n) is 32.3. The van der Waals surface area contributed by atoms with Crippen molar-refractivity contribution in [3.63, 3.8) is 0 Å². The molecule has 0 bridgehead atoms. The molecule has 111 heavy (non-hydrogen) atoms. The van der Waals surface area contributed by atoms with Gasteiger partial charge in [0.2, 0.25) is 17.7 Å². The number of likely N-dealkylation sites (tertiary alicyclic amines) is 2. The summed E-state index contributed by atoms with van der Waals surface area (Å²) in [6.07, 6.45) is 17.4. The lowest BCUT2D eigenvalue weighted by Gasteiger charge is -2.35. The first-order valence-electron chi connectivity index (χ1n) is 41.3. The Bertz CT molecular complexity index is 4180. The van der Waals surface area contributed by atoms with Gasteiger partial charge in [-0.2, -0.15) is 11.3 Å². The van der Waals surface area contributed by atoms with Crippen molar-refractivity contribution < 1.29 is 28.8 Å². The molecule has 602 valence electrons. The molecule has 5 saturated heterocycles. The fraction of sp³-hybridized carbons (Fsp3) is 0.551. The predicted molar refractivity (Wildman–Crippen MR) is 458 cm³/mol. The van der Waals surface area contributed by atoms with Crippen molar-refractivity contribution in [2.24, 2.45) is 16.6 Å². The second-order valence-corrected chi connectivity index (χ2v) is 34.4. The summed E-state index contributed by atoms with van der Waals surface area (Å²) in [5, 5.41) is 32.4. The Labute approximate surface area is 679 Å². The molecule has 0 saturated carbocycles. The maximum atomic E-state index is 13.8. The normalized spacial score (nSPS) is 20.9. The Morgan fingerprint density at radius 2 is 0.811 bits per heavy atom. The van der Waals surface area contributed by atoms with E-state index in [2.05, 4.69) is 117 Å². The summed E-state index contributed by atoms with van der Waals surface area (Å²) in [5.41, 5.74) is 9.24. The summed E-state index contributed by atoms with van der Waals surface area (Å²) in [7, 11) is 0. The third-order valence-corrected chi connectivity index (χ3v) is 25.8. The molecule has 12 rings (SSSR count). The van der Waals surface area contributed by atoms with Gasteiger partial charge in [-0.05, 0) is 267 Å². The molecule has 5 aliphatic heterocycles. The first kappa shape index (κ1) is 86.7. The van der Waals surface area contributed by atoms with E-state index in [9.17, 15) is 28.8 Å². The zero-order valence-corrected chi connectivity index (χ0v) is 69.9. The highest BCUT2D eigenvalue weighted by Crippen LogP contribution is 2.32. The average molecular weight is 1600 g/mol. The van der Waals surface area contributed by atoms with Crippen LogP contribution in [0.4, 0.5) is 0 Å². The van der Waals surface area contributed by atoms with E-state index in [-0.39, 0.29) is 82.5 Å². The molecule has 0 spiro atoms. The molecule has 0 radical (unpaired) electrons. The van der Waals surface area contributed by atoms with Gasteiger partial charge in [0.15, 0.2) is 0 Å². The topological polar surface area (TPSA) is 217 Å². The van der Waals surface area contributed by atoms with Crippen molar-refractivity contribution >= 4 is 114 Å². The maximum absolute atomic E-state index is 13.8. The number of carbonyl (C=O) groups excluding carboxylic acids is 6. The van der Waals surface area contributed by atoms with Crippen molar-refractivity contribution in [1.82, 2.24) is 56.4 Å². The van der Waals surface area contributed by atoms with Gasteiger partial charge in [0.05, 0.1) is 18.1 Å². The Balaban J connectivity index is 0.000000178. The number of nitrogens with two attached hydrogens (primary N) is 1. The van der Waals surface area contributed by atoms with Crippen LogP contribution in [0.1, 0.15) is 200 Å². The zero-order valence-electron chi connectivity index (χ0n) is 66.8. The maximum Gasteiger partial charge on any atom is 0.251 e. The molecule has 7 aromatic rings. The van der Waals surface area contributed by atoms with Gasteiger partial charge in [0.25, 0.3) is 17.7 Å². The molecule has 22 heteroatoms. The van der Waals surface area contributed by atoms with Crippen molar-refractivity contribution in [3.05, 3.63) is 163 Å². The predicted octanol–water partition coefficient (Wildman–Crippen LogP) is 15.4. The summed E-state index contributed by atoms with van der Waals surface area (Å²) in [6.45, 7) is 28.2. The summed E-state index contributed by atoms with van der Waals surface area (Å²) >= 11 is 20.0. The number of hydrogen-bond donors (Lipinski definition) is 7. The Morgan fingerprint density at radius 1 is 0.468 bits per heavy atom. The van der Waals surface area contributed by atoms with Crippen molar-refractivity contribution in [1.29, 1.82) is 0 Å². The molecular weight excluding hydrogens is 1470 g/mol.